The molecule has 0 amide bonds. The van der Waals surface area contributed by atoms with Crippen molar-refractivity contribution in [1.82, 2.24) is 0 Å². The lowest BCUT2D eigenvalue weighted by atomic mass is 10.0. The van der Waals surface area contributed by atoms with Gasteiger partial charge in [-0.2, -0.15) is 0 Å². The van der Waals surface area contributed by atoms with Crippen LogP contribution in [-0.4, -0.2) is 0 Å². The topological polar surface area (TPSA) is 9.23 Å². The highest BCUT2D eigenvalue weighted by atomic mass is 19.1. The fraction of sp³-hybridized carbons (Fsp3) is 0.333. The third-order valence-corrected chi connectivity index (χ3v) is 3.32. The first-order chi connectivity index (χ1) is 9.45. The summed E-state index contributed by atoms with van der Waals surface area (Å²) in [6, 6.07) is 12.8. The number of halogens is 1. The number of benzene rings is 2. The van der Waals surface area contributed by atoms with Crippen LogP contribution in [0.15, 0.2) is 42.5 Å². The molecule has 2 rings (SSSR count). The molecule has 0 heterocycles. The maximum atomic E-state index is 13.6. The molecule has 2 heteroatoms. The normalized spacial score (nSPS) is 11.2. The fourth-order valence-electron chi connectivity index (χ4n) is 2.05. The smallest absolute Gasteiger partial charge is 0.130 e. The number of hydrogen-bond acceptors (Lipinski definition) is 1. The zero-order valence-corrected chi connectivity index (χ0v) is 12.5. The van der Waals surface area contributed by atoms with Crippen LogP contribution in [0.2, 0.25) is 0 Å². The summed E-state index contributed by atoms with van der Waals surface area (Å²) in [7, 11) is 0. The molecule has 0 radical (unpaired) electrons. The van der Waals surface area contributed by atoms with Gasteiger partial charge in [0.05, 0.1) is 0 Å². The van der Waals surface area contributed by atoms with Crippen LogP contribution in [0, 0.1) is 5.82 Å². The molecule has 0 saturated carbocycles. The van der Waals surface area contributed by atoms with Crippen LogP contribution in [0.5, 0.6) is 11.5 Å². The molecule has 0 aromatic heterocycles. The van der Waals surface area contributed by atoms with E-state index in [0.29, 0.717) is 11.7 Å². The van der Waals surface area contributed by atoms with E-state index in [2.05, 4.69) is 19.9 Å². The van der Waals surface area contributed by atoms with E-state index in [1.165, 1.54) is 11.6 Å². The van der Waals surface area contributed by atoms with Gasteiger partial charge >= 0.3 is 0 Å². The molecular formula is C18H21FO. The van der Waals surface area contributed by atoms with E-state index in [-0.39, 0.29) is 11.7 Å². The summed E-state index contributed by atoms with van der Waals surface area (Å²) >= 11 is 0. The molecule has 2 aromatic rings. The van der Waals surface area contributed by atoms with Crippen molar-refractivity contribution < 1.29 is 9.13 Å². The average molecular weight is 272 g/mol. The van der Waals surface area contributed by atoms with Crippen LogP contribution in [0.3, 0.4) is 0 Å². The average Bonchev–Trinajstić information content (AvgIpc) is 2.38. The van der Waals surface area contributed by atoms with Crippen molar-refractivity contribution in [1.29, 1.82) is 0 Å². The van der Waals surface area contributed by atoms with E-state index < -0.39 is 0 Å². The molecule has 0 aliphatic heterocycles. The van der Waals surface area contributed by atoms with Crippen LogP contribution >= 0.6 is 0 Å². The van der Waals surface area contributed by atoms with Crippen molar-refractivity contribution in [3.8, 4) is 11.5 Å². The summed E-state index contributed by atoms with van der Waals surface area (Å²) in [6.45, 7) is 8.35. The van der Waals surface area contributed by atoms with E-state index in [0.717, 1.165) is 11.3 Å². The first kappa shape index (κ1) is 14.6. The van der Waals surface area contributed by atoms with Crippen LogP contribution in [-0.2, 0) is 0 Å². The van der Waals surface area contributed by atoms with Crippen molar-refractivity contribution >= 4 is 0 Å². The minimum atomic E-state index is -0.258. The summed E-state index contributed by atoms with van der Waals surface area (Å²) in [6.07, 6.45) is 0. The van der Waals surface area contributed by atoms with E-state index in [9.17, 15) is 4.39 Å². The van der Waals surface area contributed by atoms with Crippen LogP contribution in [0.4, 0.5) is 4.39 Å². The molecule has 0 unspecified atom stereocenters. The molecule has 1 nitrogen and oxygen atoms in total. The number of hydrogen-bond donors (Lipinski definition) is 0. The Balaban J connectivity index is 2.27. The van der Waals surface area contributed by atoms with Gasteiger partial charge in [-0.25, -0.2) is 4.39 Å². The predicted molar refractivity (Wildman–Crippen MR) is 81.1 cm³/mol. The molecule has 0 saturated heterocycles. The van der Waals surface area contributed by atoms with Gasteiger partial charge in [-0.05, 0) is 47.2 Å². The van der Waals surface area contributed by atoms with Crippen LogP contribution in [0.1, 0.15) is 50.7 Å². The highest BCUT2D eigenvalue weighted by Gasteiger charge is 2.07. The lowest BCUT2D eigenvalue weighted by molar-refractivity contribution is 0.474. The Bertz CT molecular complexity index is 588. The van der Waals surface area contributed by atoms with Crippen LogP contribution in [0.25, 0.3) is 0 Å². The minimum Gasteiger partial charge on any atom is -0.457 e. The summed E-state index contributed by atoms with van der Waals surface area (Å²) in [5, 5.41) is 0. The van der Waals surface area contributed by atoms with E-state index in [1.54, 1.807) is 6.07 Å². The standard InChI is InChI=1S/C18H21FO/c1-12(2)14-6-5-7-17(9-14)20-18-10-15(13(3)4)8-16(19)11-18/h5-13H,1-4H3. The van der Waals surface area contributed by atoms with E-state index in [4.69, 9.17) is 4.74 Å². The Labute approximate surface area is 120 Å². The third-order valence-electron chi connectivity index (χ3n) is 3.32. The minimum absolute atomic E-state index is 0.258. The van der Waals surface area contributed by atoms with Gasteiger partial charge in [0.15, 0.2) is 0 Å². The molecule has 0 atom stereocenters. The molecule has 0 aliphatic carbocycles. The molecule has 0 fully saturated rings. The Morgan fingerprint density at radius 2 is 1.45 bits per heavy atom. The zero-order chi connectivity index (χ0) is 14.7. The van der Waals surface area contributed by atoms with E-state index in [1.807, 2.05) is 38.1 Å². The van der Waals surface area contributed by atoms with Gasteiger partial charge in [-0.15, -0.1) is 0 Å². The molecule has 106 valence electrons. The highest BCUT2D eigenvalue weighted by molar-refractivity contribution is 5.37. The summed E-state index contributed by atoms with van der Waals surface area (Å²) in [5.41, 5.74) is 2.16. The lowest BCUT2D eigenvalue weighted by Crippen LogP contribution is -1.93. The first-order valence-corrected chi connectivity index (χ1v) is 7.04. The third kappa shape index (κ3) is 3.60. The van der Waals surface area contributed by atoms with Gasteiger partial charge in [0, 0.05) is 6.07 Å². The highest BCUT2D eigenvalue weighted by Crippen LogP contribution is 2.28. The van der Waals surface area contributed by atoms with Crippen molar-refractivity contribution in [3.05, 3.63) is 59.4 Å². The zero-order valence-electron chi connectivity index (χ0n) is 12.5. The molecule has 0 spiro atoms. The number of ether oxygens (including phenoxy) is 1. The van der Waals surface area contributed by atoms with Gasteiger partial charge < -0.3 is 4.74 Å². The number of rotatable bonds is 4. The van der Waals surface area contributed by atoms with Crippen LogP contribution < -0.4 is 4.74 Å². The SMILES string of the molecule is CC(C)c1cccc(Oc2cc(F)cc(C(C)C)c2)c1. The van der Waals surface area contributed by atoms with Gasteiger partial charge in [0.1, 0.15) is 17.3 Å². The molecule has 0 aliphatic rings. The quantitative estimate of drug-likeness (QED) is 0.676. The lowest BCUT2D eigenvalue weighted by Gasteiger charge is -2.12. The van der Waals surface area contributed by atoms with Gasteiger partial charge in [0.25, 0.3) is 0 Å². The Morgan fingerprint density at radius 1 is 0.800 bits per heavy atom. The molecule has 0 bridgehead atoms. The van der Waals surface area contributed by atoms with Crippen molar-refractivity contribution in [2.24, 2.45) is 0 Å². The molecule has 0 N–H and O–H groups in total. The Kier molecular flexibility index (Phi) is 4.43. The first-order valence-electron chi connectivity index (χ1n) is 7.04. The summed E-state index contributed by atoms with van der Waals surface area (Å²) < 4.78 is 19.4. The summed E-state index contributed by atoms with van der Waals surface area (Å²) in [5.74, 6) is 1.75. The molecule has 20 heavy (non-hydrogen) atoms. The second kappa shape index (κ2) is 6.08. The molecule has 2 aromatic carbocycles. The fourth-order valence-corrected chi connectivity index (χ4v) is 2.05. The Morgan fingerprint density at radius 3 is 2.10 bits per heavy atom. The van der Waals surface area contributed by atoms with Gasteiger partial charge in [0.2, 0.25) is 0 Å². The largest absolute Gasteiger partial charge is 0.457 e. The van der Waals surface area contributed by atoms with E-state index >= 15 is 0 Å². The van der Waals surface area contributed by atoms with Crippen molar-refractivity contribution in [2.75, 3.05) is 0 Å². The van der Waals surface area contributed by atoms with Crippen molar-refractivity contribution in [2.45, 2.75) is 39.5 Å². The maximum Gasteiger partial charge on any atom is 0.130 e. The van der Waals surface area contributed by atoms with Gasteiger partial charge in [-0.3, -0.25) is 0 Å². The summed E-state index contributed by atoms with van der Waals surface area (Å²) in [4.78, 5) is 0. The second-order valence-electron chi connectivity index (χ2n) is 5.70. The monoisotopic (exact) mass is 272 g/mol. The van der Waals surface area contributed by atoms with Crippen molar-refractivity contribution in [3.63, 3.8) is 0 Å². The van der Waals surface area contributed by atoms with Gasteiger partial charge in [-0.1, -0.05) is 39.8 Å². The second-order valence-corrected chi connectivity index (χ2v) is 5.70. The Hall–Kier alpha value is -1.83. The molecular weight excluding hydrogens is 251 g/mol. The maximum absolute atomic E-state index is 13.6. The predicted octanol–water partition coefficient (Wildman–Crippen LogP) is 5.86.